The molecule has 0 unspecified atom stereocenters. The van der Waals surface area contributed by atoms with E-state index in [2.05, 4.69) is 4.99 Å². The number of hydrogen-bond acceptors (Lipinski definition) is 5. The fraction of sp³-hybridized carbons (Fsp3) is 0.292. The van der Waals surface area contributed by atoms with E-state index in [1.165, 1.54) is 18.2 Å². The number of carbonyl (C=O) groups is 2. The van der Waals surface area contributed by atoms with Crippen LogP contribution in [0.3, 0.4) is 0 Å². The number of carboxylic acids is 1. The van der Waals surface area contributed by atoms with Gasteiger partial charge in [0.2, 0.25) is 0 Å². The van der Waals surface area contributed by atoms with Crippen LogP contribution in [0.15, 0.2) is 53.5 Å². The molecule has 1 aliphatic rings. The van der Waals surface area contributed by atoms with Crippen molar-refractivity contribution in [1.82, 2.24) is 0 Å². The van der Waals surface area contributed by atoms with Gasteiger partial charge in [0.1, 0.15) is 23.5 Å². The van der Waals surface area contributed by atoms with Crippen LogP contribution in [0.4, 0.5) is 0 Å². The third-order valence-electron chi connectivity index (χ3n) is 5.25. The van der Waals surface area contributed by atoms with Crippen molar-refractivity contribution in [3.63, 3.8) is 0 Å². The number of hydrogen-bond donors (Lipinski definition) is 4. The van der Waals surface area contributed by atoms with Crippen LogP contribution >= 0.6 is 0 Å². The Hall–Kier alpha value is -3.81. The predicted octanol–water partition coefficient (Wildman–Crippen LogP) is 3.11. The summed E-state index contributed by atoms with van der Waals surface area (Å²) < 4.78 is 5.91. The van der Waals surface area contributed by atoms with E-state index in [0.717, 1.165) is 24.8 Å². The number of ether oxygens (including phenoxy) is 1. The van der Waals surface area contributed by atoms with Crippen molar-refractivity contribution in [3.05, 3.63) is 65.2 Å². The molecule has 0 radical (unpaired) electrons. The van der Waals surface area contributed by atoms with Crippen molar-refractivity contribution in [1.29, 1.82) is 0 Å². The molecule has 0 bridgehead atoms. The number of guanidine groups is 1. The second kappa shape index (κ2) is 10.5. The minimum Gasteiger partial charge on any atom is -0.508 e. The third kappa shape index (κ3) is 5.87. The molecular weight excluding hydrogens is 410 g/mol. The van der Waals surface area contributed by atoms with E-state index in [1.807, 2.05) is 0 Å². The highest BCUT2D eigenvalue weighted by Gasteiger charge is 2.40. The van der Waals surface area contributed by atoms with Gasteiger partial charge >= 0.3 is 5.97 Å². The molecule has 2 aromatic rings. The first-order valence-corrected chi connectivity index (χ1v) is 10.4. The van der Waals surface area contributed by atoms with Gasteiger partial charge in [-0.05, 0) is 54.3 Å². The standard InChI is InChI=1S/C24H27N3O5/c25-24(26)27-13-3-1-2-4-17(28)9-5-15-6-12-20-19(14-15)21(23(30)31)22(32-20)16-7-10-18(29)11-8-16/h5-12,14,21-22,29H,1-4,13H2,(H,30,31)(H4,25,26,27)/b9-5+/t21-,22+/m1/s1. The average Bonchev–Trinajstić information content (AvgIpc) is 3.14. The molecule has 32 heavy (non-hydrogen) atoms. The summed E-state index contributed by atoms with van der Waals surface area (Å²) in [6.45, 7) is 0.555. The molecule has 3 rings (SSSR count). The van der Waals surface area contributed by atoms with Gasteiger partial charge in [-0.15, -0.1) is 0 Å². The molecule has 0 aromatic heterocycles. The Balaban J connectivity index is 1.63. The molecule has 8 nitrogen and oxygen atoms in total. The van der Waals surface area contributed by atoms with E-state index in [0.29, 0.717) is 29.8 Å². The zero-order valence-corrected chi connectivity index (χ0v) is 17.6. The van der Waals surface area contributed by atoms with E-state index < -0.39 is 18.0 Å². The lowest BCUT2D eigenvalue weighted by Crippen LogP contribution is -2.22. The van der Waals surface area contributed by atoms with Crippen molar-refractivity contribution in [2.45, 2.75) is 37.7 Å². The van der Waals surface area contributed by atoms with E-state index in [4.69, 9.17) is 16.2 Å². The van der Waals surface area contributed by atoms with E-state index in [9.17, 15) is 19.8 Å². The normalized spacial score (nSPS) is 17.0. The highest BCUT2D eigenvalue weighted by molar-refractivity contribution is 5.93. The Morgan fingerprint density at radius 2 is 1.81 bits per heavy atom. The number of aromatic hydroxyl groups is 1. The lowest BCUT2D eigenvalue weighted by molar-refractivity contribution is -0.140. The second-order valence-electron chi connectivity index (χ2n) is 7.66. The number of benzene rings is 2. The topological polar surface area (TPSA) is 148 Å². The molecule has 1 aliphatic heterocycles. The molecule has 0 fully saturated rings. The summed E-state index contributed by atoms with van der Waals surface area (Å²) in [5, 5.41) is 19.3. The molecule has 0 amide bonds. The number of carboxylic acid groups (broad SMARTS) is 1. The van der Waals surface area contributed by atoms with Gasteiger partial charge in [-0.1, -0.05) is 30.7 Å². The lowest BCUT2D eigenvalue weighted by Gasteiger charge is -2.16. The first-order chi connectivity index (χ1) is 15.3. The van der Waals surface area contributed by atoms with Gasteiger partial charge in [-0.2, -0.15) is 0 Å². The van der Waals surface area contributed by atoms with Crippen LogP contribution in [-0.2, 0) is 9.59 Å². The fourth-order valence-electron chi connectivity index (χ4n) is 3.64. The number of phenolic OH excluding ortho intramolecular Hbond substituents is 1. The van der Waals surface area contributed by atoms with Crippen LogP contribution in [-0.4, -0.2) is 34.5 Å². The fourth-order valence-corrected chi connectivity index (χ4v) is 3.64. The van der Waals surface area contributed by atoms with Crippen molar-refractivity contribution >= 4 is 23.8 Å². The molecule has 8 heteroatoms. The van der Waals surface area contributed by atoms with Crippen molar-refractivity contribution in [3.8, 4) is 11.5 Å². The number of nitrogens with zero attached hydrogens (tertiary/aromatic N) is 1. The Bertz CT molecular complexity index is 1030. The number of phenols is 1. The monoisotopic (exact) mass is 437 g/mol. The van der Waals surface area contributed by atoms with Crippen LogP contribution in [0, 0.1) is 0 Å². The number of aliphatic imine (C=N–C) groups is 1. The summed E-state index contributed by atoms with van der Waals surface area (Å²) in [5.74, 6) is -1.21. The van der Waals surface area contributed by atoms with Crippen molar-refractivity contribution in [2.24, 2.45) is 16.5 Å². The van der Waals surface area contributed by atoms with Crippen molar-refractivity contribution < 1.29 is 24.5 Å². The Kier molecular flexibility index (Phi) is 7.49. The number of rotatable bonds is 10. The Morgan fingerprint density at radius 3 is 2.50 bits per heavy atom. The minimum atomic E-state index is -1.00. The summed E-state index contributed by atoms with van der Waals surface area (Å²) in [6.07, 6.45) is 5.35. The van der Waals surface area contributed by atoms with Gasteiger partial charge in [-0.25, -0.2) is 0 Å². The van der Waals surface area contributed by atoms with Gasteiger partial charge < -0.3 is 26.4 Å². The third-order valence-corrected chi connectivity index (χ3v) is 5.25. The molecule has 1 heterocycles. The molecule has 2 aromatic carbocycles. The summed E-state index contributed by atoms with van der Waals surface area (Å²) in [7, 11) is 0. The van der Waals surface area contributed by atoms with Crippen LogP contribution < -0.4 is 16.2 Å². The smallest absolute Gasteiger partial charge is 0.315 e. The summed E-state index contributed by atoms with van der Waals surface area (Å²) in [5.41, 5.74) is 12.5. The Morgan fingerprint density at radius 1 is 1.06 bits per heavy atom. The maximum absolute atomic E-state index is 12.1. The van der Waals surface area contributed by atoms with Gasteiger partial charge in [0, 0.05) is 18.5 Å². The van der Waals surface area contributed by atoms with Crippen molar-refractivity contribution in [2.75, 3.05) is 6.54 Å². The van der Waals surface area contributed by atoms with Crippen LogP contribution in [0.25, 0.3) is 6.08 Å². The van der Waals surface area contributed by atoms with Crippen LogP contribution in [0.2, 0.25) is 0 Å². The summed E-state index contributed by atoms with van der Waals surface area (Å²) in [4.78, 5) is 28.0. The molecule has 0 saturated heterocycles. The SMILES string of the molecule is NC(N)=NCCCCCC(=O)/C=C/c1ccc2c(c1)[C@@H](C(=O)O)[C@H](c1ccc(O)cc1)O2. The summed E-state index contributed by atoms with van der Waals surface area (Å²) in [6, 6.07) is 11.6. The van der Waals surface area contributed by atoms with Crippen LogP contribution in [0.1, 0.15) is 54.4 Å². The number of fused-ring (bicyclic) bond motifs is 1. The largest absolute Gasteiger partial charge is 0.508 e. The number of unbranched alkanes of at least 4 members (excludes halogenated alkanes) is 2. The van der Waals surface area contributed by atoms with E-state index >= 15 is 0 Å². The molecule has 0 saturated carbocycles. The van der Waals surface area contributed by atoms with Crippen LogP contribution in [0.5, 0.6) is 11.5 Å². The van der Waals surface area contributed by atoms with Gasteiger partial charge in [-0.3, -0.25) is 14.6 Å². The highest BCUT2D eigenvalue weighted by Crippen LogP contribution is 2.46. The molecule has 6 N–H and O–H groups in total. The average molecular weight is 437 g/mol. The number of allylic oxidation sites excluding steroid dienone is 1. The molecule has 168 valence electrons. The Labute approximate surface area is 186 Å². The minimum absolute atomic E-state index is 0.000317. The second-order valence-corrected chi connectivity index (χ2v) is 7.66. The van der Waals surface area contributed by atoms with Gasteiger partial charge in [0.05, 0.1) is 0 Å². The number of aliphatic carboxylic acids is 1. The van der Waals surface area contributed by atoms with E-state index in [-0.39, 0.29) is 17.5 Å². The maximum atomic E-state index is 12.1. The van der Waals surface area contributed by atoms with E-state index in [1.54, 1.807) is 36.4 Å². The van der Waals surface area contributed by atoms with Gasteiger partial charge in [0.15, 0.2) is 11.7 Å². The molecule has 0 spiro atoms. The molecule has 0 aliphatic carbocycles. The maximum Gasteiger partial charge on any atom is 0.315 e. The van der Waals surface area contributed by atoms with Gasteiger partial charge in [0.25, 0.3) is 0 Å². The first-order valence-electron chi connectivity index (χ1n) is 10.4. The predicted molar refractivity (Wildman–Crippen MR) is 121 cm³/mol. The highest BCUT2D eigenvalue weighted by atomic mass is 16.5. The quantitative estimate of drug-likeness (QED) is 0.193. The number of ketones is 1. The molecule has 2 atom stereocenters. The molecular formula is C24H27N3O5. The zero-order valence-electron chi connectivity index (χ0n) is 17.6. The number of carbonyl (C=O) groups excluding carboxylic acids is 1. The lowest BCUT2D eigenvalue weighted by atomic mass is 9.90. The number of nitrogens with two attached hydrogens (primary N) is 2. The summed E-state index contributed by atoms with van der Waals surface area (Å²) >= 11 is 0. The first kappa shape index (κ1) is 22.9. The zero-order chi connectivity index (χ0) is 23.1.